The molecule has 186 valence electrons. The molecule has 9 nitrogen and oxygen atoms in total. The second-order valence-electron chi connectivity index (χ2n) is 9.90. The van der Waals surface area contributed by atoms with Crippen LogP contribution in [0.25, 0.3) is 10.9 Å². The van der Waals surface area contributed by atoms with Gasteiger partial charge in [-0.25, -0.2) is 0 Å². The van der Waals surface area contributed by atoms with Crippen molar-refractivity contribution in [2.45, 2.75) is 51.1 Å². The van der Waals surface area contributed by atoms with Crippen molar-refractivity contribution in [2.75, 3.05) is 20.2 Å². The number of ether oxygens (including phenoxy) is 1. The maximum absolute atomic E-state index is 13.6. The van der Waals surface area contributed by atoms with Crippen molar-refractivity contribution >= 4 is 34.4 Å². The molecule has 3 amide bonds. The van der Waals surface area contributed by atoms with E-state index >= 15 is 0 Å². The van der Waals surface area contributed by atoms with Crippen molar-refractivity contribution in [1.29, 1.82) is 0 Å². The van der Waals surface area contributed by atoms with Gasteiger partial charge in [0.15, 0.2) is 5.78 Å². The Morgan fingerprint density at radius 2 is 2.06 bits per heavy atom. The van der Waals surface area contributed by atoms with Crippen molar-refractivity contribution in [3.05, 3.63) is 30.0 Å². The van der Waals surface area contributed by atoms with Crippen LogP contribution >= 0.6 is 0 Å². The van der Waals surface area contributed by atoms with Crippen LogP contribution in [0.3, 0.4) is 0 Å². The molecule has 3 aliphatic rings. The number of benzene rings is 1. The zero-order valence-electron chi connectivity index (χ0n) is 20.1. The number of rotatable bonds is 8. The van der Waals surface area contributed by atoms with Gasteiger partial charge in [-0.15, -0.1) is 0 Å². The summed E-state index contributed by atoms with van der Waals surface area (Å²) in [6.07, 6.45) is 3.09. The fourth-order valence-corrected chi connectivity index (χ4v) is 5.88. The van der Waals surface area contributed by atoms with Crippen molar-refractivity contribution in [3.63, 3.8) is 0 Å². The number of fused-ring (bicyclic) bond motifs is 2. The molecule has 1 aromatic heterocycles. The van der Waals surface area contributed by atoms with Gasteiger partial charge in [-0.1, -0.05) is 13.0 Å². The summed E-state index contributed by atoms with van der Waals surface area (Å²) in [6.45, 7) is 2.87. The summed E-state index contributed by atoms with van der Waals surface area (Å²) < 4.78 is 5.42. The van der Waals surface area contributed by atoms with Crippen LogP contribution in [0, 0.1) is 17.8 Å². The minimum Gasteiger partial charge on any atom is -0.496 e. The van der Waals surface area contributed by atoms with E-state index in [2.05, 4.69) is 15.6 Å². The Morgan fingerprint density at radius 1 is 1.23 bits per heavy atom. The number of Topliss-reactive ketones (excluding diaryl/α,β-unsaturated/α-hetero) is 1. The number of H-pyrrole nitrogens is 1. The zero-order valence-corrected chi connectivity index (χ0v) is 20.1. The highest BCUT2D eigenvalue weighted by atomic mass is 16.5. The van der Waals surface area contributed by atoms with Gasteiger partial charge in [0.2, 0.25) is 11.8 Å². The van der Waals surface area contributed by atoms with Gasteiger partial charge < -0.3 is 25.3 Å². The molecule has 0 radical (unpaired) electrons. The molecule has 9 heteroatoms. The SMILES string of the molecule is CCC(=O)C(CC1CCNC1=O)NC(=O)C1C2CCC2CN1C(=O)c1cc2c(OC)cccc2[nH]1. The highest BCUT2D eigenvalue weighted by Gasteiger charge is 2.52. The molecule has 0 spiro atoms. The van der Waals surface area contributed by atoms with E-state index < -0.39 is 12.1 Å². The first-order valence-electron chi connectivity index (χ1n) is 12.5. The minimum atomic E-state index is -0.727. The van der Waals surface area contributed by atoms with Gasteiger partial charge in [0.1, 0.15) is 17.5 Å². The summed E-state index contributed by atoms with van der Waals surface area (Å²) in [5.74, 6) is 0.0663. The lowest BCUT2D eigenvalue weighted by Gasteiger charge is -2.33. The molecule has 2 aromatic rings. The number of amides is 3. The Morgan fingerprint density at radius 3 is 2.71 bits per heavy atom. The summed E-state index contributed by atoms with van der Waals surface area (Å²) in [7, 11) is 1.59. The first kappa shape index (κ1) is 23.4. The van der Waals surface area contributed by atoms with E-state index in [-0.39, 0.29) is 47.7 Å². The van der Waals surface area contributed by atoms with Crippen LogP contribution in [0.1, 0.15) is 49.5 Å². The van der Waals surface area contributed by atoms with Gasteiger partial charge in [-0.3, -0.25) is 19.2 Å². The topological polar surface area (TPSA) is 121 Å². The average molecular weight is 481 g/mol. The Kier molecular flexibility index (Phi) is 6.25. The van der Waals surface area contributed by atoms with Crippen molar-refractivity contribution in [2.24, 2.45) is 17.8 Å². The third kappa shape index (κ3) is 4.17. The van der Waals surface area contributed by atoms with Crippen LogP contribution < -0.4 is 15.4 Å². The second-order valence-corrected chi connectivity index (χ2v) is 9.90. The lowest BCUT2D eigenvalue weighted by molar-refractivity contribution is -0.132. The van der Waals surface area contributed by atoms with Crippen LogP contribution in [-0.4, -0.2) is 65.7 Å². The molecule has 3 fully saturated rings. The monoisotopic (exact) mass is 480 g/mol. The molecule has 3 N–H and O–H groups in total. The molecule has 1 aromatic carbocycles. The number of nitrogens with zero attached hydrogens (tertiary/aromatic N) is 1. The first-order valence-corrected chi connectivity index (χ1v) is 12.5. The van der Waals surface area contributed by atoms with Gasteiger partial charge in [-0.2, -0.15) is 0 Å². The number of hydrogen-bond donors (Lipinski definition) is 3. The number of carbonyl (C=O) groups is 4. The van der Waals surface area contributed by atoms with Gasteiger partial charge >= 0.3 is 0 Å². The summed E-state index contributed by atoms with van der Waals surface area (Å²) in [6, 6.07) is 5.99. The fraction of sp³-hybridized carbons (Fsp3) is 0.538. The second kappa shape index (κ2) is 9.36. The third-order valence-electron chi connectivity index (χ3n) is 7.99. The van der Waals surface area contributed by atoms with Gasteiger partial charge in [0.25, 0.3) is 5.91 Å². The predicted octanol–water partition coefficient (Wildman–Crippen LogP) is 2.02. The molecule has 0 bridgehead atoms. The van der Waals surface area contributed by atoms with E-state index in [1.54, 1.807) is 25.0 Å². The predicted molar refractivity (Wildman–Crippen MR) is 129 cm³/mol. The van der Waals surface area contributed by atoms with Crippen molar-refractivity contribution in [1.82, 2.24) is 20.5 Å². The molecule has 5 rings (SSSR count). The fourth-order valence-electron chi connectivity index (χ4n) is 5.88. The number of aromatic nitrogens is 1. The van der Waals surface area contributed by atoms with Crippen LogP contribution in [0.2, 0.25) is 0 Å². The number of likely N-dealkylation sites (tertiary alicyclic amines) is 1. The quantitative estimate of drug-likeness (QED) is 0.534. The summed E-state index contributed by atoms with van der Waals surface area (Å²) >= 11 is 0. The Balaban J connectivity index is 1.37. The number of methoxy groups -OCH3 is 1. The number of ketones is 1. The van der Waals surface area contributed by atoms with Gasteiger partial charge in [0, 0.05) is 36.3 Å². The lowest BCUT2D eigenvalue weighted by atomic mass is 9.73. The largest absolute Gasteiger partial charge is 0.496 e. The van der Waals surface area contributed by atoms with Gasteiger partial charge in [-0.05, 0) is 55.7 Å². The molecule has 2 aliphatic heterocycles. The molecule has 5 unspecified atom stereocenters. The Hall–Kier alpha value is -3.36. The third-order valence-corrected chi connectivity index (χ3v) is 7.99. The zero-order chi connectivity index (χ0) is 24.7. The number of carbonyl (C=O) groups excluding carboxylic acids is 4. The Bertz CT molecular complexity index is 1170. The maximum atomic E-state index is 13.6. The van der Waals surface area contributed by atoms with Crippen LogP contribution in [-0.2, 0) is 14.4 Å². The molecular formula is C26H32N4O5. The number of hydrogen-bond acceptors (Lipinski definition) is 5. The number of aromatic amines is 1. The molecule has 5 atom stereocenters. The van der Waals surface area contributed by atoms with Crippen molar-refractivity contribution in [3.8, 4) is 5.75 Å². The first-order chi connectivity index (χ1) is 16.9. The summed E-state index contributed by atoms with van der Waals surface area (Å²) in [5.41, 5.74) is 1.20. The highest BCUT2D eigenvalue weighted by molar-refractivity contribution is 6.02. The van der Waals surface area contributed by atoms with E-state index in [9.17, 15) is 19.2 Å². The number of nitrogens with one attached hydrogen (secondary N) is 3. The van der Waals surface area contributed by atoms with E-state index in [0.29, 0.717) is 37.4 Å². The van der Waals surface area contributed by atoms with E-state index in [4.69, 9.17) is 4.74 Å². The molecule has 1 aliphatic carbocycles. The molecule has 1 saturated carbocycles. The maximum Gasteiger partial charge on any atom is 0.271 e. The summed E-state index contributed by atoms with van der Waals surface area (Å²) in [4.78, 5) is 56.7. The minimum absolute atomic E-state index is 0.0703. The normalized spacial score (nSPS) is 26.1. The highest BCUT2D eigenvalue weighted by Crippen LogP contribution is 2.45. The molecular weight excluding hydrogens is 448 g/mol. The van der Waals surface area contributed by atoms with E-state index in [1.165, 1.54) is 0 Å². The van der Waals surface area contributed by atoms with Crippen molar-refractivity contribution < 1.29 is 23.9 Å². The summed E-state index contributed by atoms with van der Waals surface area (Å²) in [5, 5.41) is 6.53. The molecule has 35 heavy (non-hydrogen) atoms. The van der Waals surface area contributed by atoms with Crippen LogP contribution in [0.4, 0.5) is 0 Å². The van der Waals surface area contributed by atoms with E-state index in [0.717, 1.165) is 23.7 Å². The average Bonchev–Trinajstić information content (AvgIpc) is 3.53. The molecule has 2 saturated heterocycles. The molecule has 3 heterocycles. The van der Waals surface area contributed by atoms with Crippen LogP contribution in [0.5, 0.6) is 5.75 Å². The standard InChI is InChI=1S/C26H32N4O5/c1-3-21(31)19(11-14-9-10-27-24(14)32)29-25(33)23-16-8-7-15(16)13-30(23)26(34)20-12-17-18(28-20)5-4-6-22(17)35-2/h4-6,12,14-16,19,23,28H,3,7-11,13H2,1-2H3,(H,27,32)(H,29,33). The smallest absolute Gasteiger partial charge is 0.271 e. The Labute approximate surface area is 203 Å². The lowest BCUT2D eigenvalue weighted by Crippen LogP contribution is -2.53. The van der Waals surface area contributed by atoms with Crippen LogP contribution in [0.15, 0.2) is 24.3 Å². The van der Waals surface area contributed by atoms with E-state index in [1.807, 2.05) is 18.2 Å². The van der Waals surface area contributed by atoms with Gasteiger partial charge in [0.05, 0.1) is 13.2 Å².